The highest BCUT2D eigenvalue weighted by molar-refractivity contribution is 5.94. The predicted octanol–water partition coefficient (Wildman–Crippen LogP) is 0.417. The molecule has 0 aliphatic carbocycles. The molecule has 0 bridgehead atoms. The Labute approximate surface area is 88.4 Å². The molecule has 1 amide bonds. The summed E-state index contributed by atoms with van der Waals surface area (Å²) in [6.45, 7) is 6.15. The van der Waals surface area contributed by atoms with Gasteiger partial charge in [0.15, 0.2) is 0 Å². The van der Waals surface area contributed by atoms with E-state index in [4.69, 9.17) is 4.52 Å². The van der Waals surface area contributed by atoms with Crippen molar-refractivity contribution in [3.63, 3.8) is 0 Å². The van der Waals surface area contributed by atoms with Crippen molar-refractivity contribution in [2.75, 3.05) is 19.6 Å². The van der Waals surface area contributed by atoms with Gasteiger partial charge in [0.05, 0.1) is 6.20 Å². The van der Waals surface area contributed by atoms with Crippen LogP contribution in [0, 0.1) is 6.92 Å². The van der Waals surface area contributed by atoms with Crippen LogP contribution >= 0.6 is 0 Å². The Hall–Kier alpha value is -1.36. The third-order valence-electron chi connectivity index (χ3n) is 2.64. The molecule has 2 rings (SSSR count). The number of amides is 1. The van der Waals surface area contributed by atoms with Gasteiger partial charge in [-0.2, -0.15) is 0 Å². The molecule has 0 spiro atoms. The van der Waals surface area contributed by atoms with Crippen molar-refractivity contribution in [1.29, 1.82) is 0 Å². The third kappa shape index (κ3) is 2.02. The van der Waals surface area contributed by atoms with Gasteiger partial charge in [-0.05, 0) is 13.8 Å². The van der Waals surface area contributed by atoms with Crippen LogP contribution in [0.4, 0.5) is 0 Å². The average Bonchev–Trinajstić information content (AvgIpc) is 2.63. The summed E-state index contributed by atoms with van der Waals surface area (Å²) in [5.74, 6) is 0.605. The minimum absolute atomic E-state index is 0.0158. The first-order valence-corrected chi connectivity index (χ1v) is 5.12. The standard InChI is InChI=1S/C10H15N3O2/c1-7-6-13(4-3-11-7)10(14)9-5-12-15-8(9)2/h5,7,11H,3-4,6H2,1-2H3/t7-/m0/s1. The van der Waals surface area contributed by atoms with Crippen molar-refractivity contribution in [2.24, 2.45) is 0 Å². The van der Waals surface area contributed by atoms with Crippen molar-refractivity contribution < 1.29 is 9.32 Å². The molecule has 5 heteroatoms. The van der Waals surface area contributed by atoms with Gasteiger partial charge in [-0.1, -0.05) is 5.16 Å². The Balaban J connectivity index is 2.11. The zero-order valence-corrected chi connectivity index (χ0v) is 8.99. The van der Waals surface area contributed by atoms with Crippen LogP contribution in [0.5, 0.6) is 0 Å². The van der Waals surface area contributed by atoms with Crippen LogP contribution in [0.2, 0.25) is 0 Å². The molecule has 1 atom stereocenters. The topological polar surface area (TPSA) is 58.4 Å². The fourth-order valence-corrected chi connectivity index (χ4v) is 1.79. The molecular formula is C10H15N3O2. The number of aromatic nitrogens is 1. The highest BCUT2D eigenvalue weighted by Crippen LogP contribution is 2.11. The van der Waals surface area contributed by atoms with Crippen molar-refractivity contribution in [2.45, 2.75) is 19.9 Å². The van der Waals surface area contributed by atoms with Crippen LogP contribution in [-0.2, 0) is 0 Å². The van der Waals surface area contributed by atoms with E-state index in [1.54, 1.807) is 6.92 Å². The Morgan fingerprint density at radius 3 is 3.13 bits per heavy atom. The maximum absolute atomic E-state index is 12.0. The predicted molar refractivity (Wildman–Crippen MR) is 54.6 cm³/mol. The van der Waals surface area contributed by atoms with Crippen LogP contribution in [0.1, 0.15) is 23.0 Å². The lowest BCUT2D eigenvalue weighted by molar-refractivity contribution is 0.0707. The molecule has 15 heavy (non-hydrogen) atoms. The second kappa shape index (κ2) is 4.02. The first-order valence-electron chi connectivity index (χ1n) is 5.12. The molecular weight excluding hydrogens is 194 g/mol. The summed E-state index contributed by atoms with van der Waals surface area (Å²) >= 11 is 0. The van der Waals surface area contributed by atoms with Gasteiger partial charge in [-0.25, -0.2) is 0 Å². The van der Waals surface area contributed by atoms with E-state index in [1.165, 1.54) is 6.20 Å². The third-order valence-corrected chi connectivity index (χ3v) is 2.64. The quantitative estimate of drug-likeness (QED) is 0.728. The van der Waals surface area contributed by atoms with Gasteiger partial charge in [0, 0.05) is 25.7 Å². The second-order valence-corrected chi connectivity index (χ2v) is 3.90. The molecule has 1 aromatic heterocycles. The molecule has 1 aliphatic heterocycles. The smallest absolute Gasteiger partial charge is 0.259 e. The molecule has 82 valence electrons. The molecule has 0 aromatic carbocycles. The minimum atomic E-state index is 0.0158. The van der Waals surface area contributed by atoms with Gasteiger partial charge in [0.1, 0.15) is 11.3 Å². The van der Waals surface area contributed by atoms with Gasteiger partial charge < -0.3 is 14.7 Å². The first kappa shape index (κ1) is 10.2. The van der Waals surface area contributed by atoms with E-state index in [9.17, 15) is 4.79 Å². The van der Waals surface area contributed by atoms with Crippen LogP contribution in [0.25, 0.3) is 0 Å². The normalized spacial score (nSPS) is 21.7. The van der Waals surface area contributed by atoms with Crippen LogP contribution in [0.15, 0.2) is 10.7 Å². The lowest BCUT2D eigenvalue weighted by Gasteiger charge is -2.31. The van der Waals surface area contributed by atoms with Crippen LogP contribution < -0.4 is 5.32 Å². The number of piperazine rings is 1. The van der Waals surface area contributed by atoms with E-state index in [1.807, 2.05) is 4.90 Å². The van der Waals surface area contributed by atoms with Gasteiger partial charge in [-0.3, -0.25) is 4.79 Å². The zero-order valence-electron chi connectivity index (χ0n) is 8.99. The van der Waals surface area contributed by atoms with E-state index < -0.39 is 0 Å². The Bertz CT molecular complexity index is 361. The summed E-state index contributed by atoms with van der Waals surface area (Å²) in [6.07, 6.45) is 1.49. The van der Waals surface area contributed by atoms with Gasteiger partial charge in [0.25, 0.3) is 5.91 Å². The number of carbonyl (C=O) groups excluding carboxylic acids is 1. The fraction of sp³-hybridized carbons (Fsp3) is 0.600. The number of rotatable bonds is 1. The average molecular weight is 209 g/mol. The molecule has 0 radical (unpaired) electrons. The van der Waals surface area contributed by atoms with Crippen molar-refractivity contribution >= 4 is 5.91 Å². The molecule has 1 N–H and O–H groups in total. The highest BCUT2D eigenvalue weighted by atomic mass is 16.5. The van der Waals surface area contributed by atoms with Crippen LogP contribution in [-0.4, -0.2) is 41.6 Å². The lowest BCUT2D eigenvalue weighted by atomic mass is 10.2. The maximum Gasteiger partial charge on any atom is 0.259 e. The van der Waals surface area contributed by atoms with E-state index in [0.29, 0.717) is 17.4 Å². The molecule has 5 nitrogen and oxygen atoms in total. The second-order valence-electron chi connectivity index (χ2n) is 3.90. The molecule has 0 unspecified atom stereocenters. The molecule has 1 fully saturated rings. The Kier molecular flexibility index (Phi) is 2.73. The first-order chi connectivity index (χ1) is 7.18. The van der Waals surface area contributed by atoms with E-state index in [2.05, 4.69) is 17.4 Å². The van der Waals surface area contributed by atoms with Crippen LogP contribution in [0.3, 0.4) is 0 Å². The number of carbonyl (C=O) groups is 1. The molecule has 0 saturated carbocycles. The summed E-state index contributed by atoms with van der Waals surface area (Å²) in [5.41, 5.74) is 0.573. The van der Waals surface area contributed by atoms with E-state index >= 15 is 0 Å². The Morgan fingerprint density at radius 2 is 2.53 bits per heavy atom. The Morgan fingerprint density at radius 1 is 1.73 bits per heavy atom. The highest BCUT2D eigenvalue weighted by Gasteiger charge is 2.24. The van der Waals surface area contributed by atoms with Gasteiger partial charge >= 0.3 is 0 Å². The molecule has 1 saturated heterocycles. The number of nitrogens with one attached hydrogen (secondary N) is 1. The monoisotopic (exact) mass is 209 g/mol. The van der Waals surface area contributed by atoms with E-state index in [0.717, 1.165) is 19.6 Å². The summed E-state index contributed by atoms with van der Waals surface area (Å²) in [6, 6.07) is 0.350. The molecule has 1 aliphatic rings. The number of aryl methyl sites for hydroxylation is 1. The summed E-state index contributed by atoms with van der Waals surface area (Å²) in [5, 5.41) is 6.91. The zero-order chi connectivity index (χ0) is 10.8. The van der Waals surface area contributed by atoms with E-state index in [-0.39, 0.29) is 5.91 Å². The molecule has 1 aromatic rings. The number of nitrogens with zero attached hydrogens (tertiary/aromatic N) is 2. The summed E-state index contributed by atoms with van der Waals surface area (Å²) in [4.78, 5) is 13.9. The SMILES string of the molecule is Cc1oncc1C(=O)N1CCN[C@@H](C)C1. The number of hydrogen-bond donors (Lipinski definition) is 1. The largest absolute Gasteiger partial charge is 0.361 e. The van der Waals surface area contributed by atoms with Gasteiger partial charge in [0.2, 0.25) is 0 Å². The summed E-state index contributed by atoms with van der Waals surface area (Å²) < 4.78 is 4.89. The molecule has 2 heterocycles. The summed E-state index contributed by atoms with van der Waals surface area (Å²) in [7, 11) is 0. The maximum atomic E-state index is 12.0. The lowest BCUT2D eigenvalue weighted by Crippen LogP contribution is -2.51. The minimum Gasteiger partial charge on any atom is -0.361 e. The van der Waals surface area contributed by atoms with Crippen molar-refractivity contribution in [1.82, 2.24) is 15.4 Å². The van der Waals surface area contributed by atoms with Gasteiger partial charge in [-0.15, -0.1) is 0 Å². The van der Waals surface area contributed by atoms with Crippen molar-refractivity contribution in [3.05, 3.63) is 17.5 Å². The fourth-order valence-electron chi connectivity index (χ4n) is 1.79. The number of hydrogen-bond acceptors (Lipinski definition) is 4. The van der Waals surface area contributed by atoms with Crippen molar-refractivity contribution in [3.8, 4) is 0 Å².